The third-order valence-corrected chi connectivity index (χ3v) is 16.8. The molecule has 0 saturated carbocycles. The van der Waals surface area contributed by atoms with Crippen LogP contribution in [-0.4, -0.2) is 10.6 Å². The summed E-state index contributed by atoms with van der Waals surface area (Å²) in [5.41, 5.74) is 15.6. The zero-order valence-corrected chi connectivity index (χ0v) is 39.1. The van der Waals surface area contributed by atoms with Crippen molar-refractivity contribution in [3.05, 3.63) is 199 Å². The highest BCUT2D eigenvalue weighted by atomic mass is 32.1. The number of unbranched alkanes of at least 4 members (excludes halogenated alkanes) is 2. The molecule has 2 atom stereocenters. The molecule has 4 heterocycles. The highest BCUT2D eigenvalue weighted by Gasteiger charge is 2.40. The van der Waals surface area contributed by atoms with Crippen molar-refractivity contribution in [2.75, 3.05) is 4.90 Å². The zero-order chi connectivity index (χ0) is 43.9. The van der Waals surface area contributed by atoms with Crippen molar-refractivity contribution in [3.63, 3.8) is 0 Å². The van der Waals surface area contributed by atoms with E-state index in [2.05, 4.69) is 205 Å². The van der Waals surface area contributed by atoms with Gasteiger partial charge in [0.05, 0.1) is 22.8 Å². The first-order valence-electron chi connectivity index (χ1n) is 23.9. The molecule has 0 saturated heterocycles. The van der Waals surface area contributed by atoms with Crippen molar-refractivity contribution in [1.82, 2.24) is 4.57 Å². The number of hydrogen-bond donors (Lipinski definition) is 0. The number of rotatable bonds is 10. The molecule has 0 bridgehead atoms. The van der Waals surface area contributed by atoms with Crippen LogP contribution in [0.3, 0.4) is 0 Å². The van der Waals surface area contributed by atoms with Crippen LogP contribution in [0, 0.1) is 0 Å². The lowest BCUT2D eigenvalue weighted by Gasteiger charge is -2.30. The predicted molar refractivity (Wildman–Crippen MR) is 288 cm³/mol. The maximum atomic E-state index is 2.69. The third-order valence-electron chi connectivity index (χ3n) is 14.5. The van der Waals surface area contributed by atoms with Gasteiger partial charge >= 0.3 is 0 Å². The molecule has 0 spiro atoms. The van der Waals surface area contributed by atoms with E-state index in [0.29, 0.717) is 0 Å². The van der Waals surface area contributed by atoms with Crippen LogP contribution in [0.5, 0.6) is 0 Å². The first-order chi connectivity index (χ1) is 32.6. The number of allylic oxidation sites excluding steroid dienone is 2. The van der Waals surface area contributed by atoms with Gasteiger partial charge in [-0.2, -0.15) is 0 Å². The van der Waals surface area contributed by atoms with Crippen molar-refractivity contribution in [3.8, 4) is 27.9 Å². The van der Waals surface area contributed by atoms with Gasteiger partial charge < -0.3 is 9.47 Å². The van der Waals surface area contributed by atoms with Gasteiger partial charge in [-0.05, 0) is 132 Å². The summed E-state index contributed by atoms with van der Waals surface area (Å²) in [5.74, 6) is 0.257. The maximum absolute atomic E-state index is 2.69. The summed E-state index contributed by atoms with van der Waals surface area (Å²) in [6.45, 7) is 4.59. The second-order valence-corrected chi connectivity index (χ2v) is 20.7. The van der Waals surface area contributed by atoms with Gasteiger partial charge in [0, 0.05) is 68.4 Å². The Morgan fingerprint density at radius 1 is 0.485 bits per heavy atom. The molecule has 0 radical (unpaired) electrons. The second-order valence-electron chi connectivity index (χ2n) is 18.5. The Kier molecular flexibility index (Phi) is 9.61. The van der Waals surface area contributed by atoms with Gasteiger partial charge in [-0.1, -0.05) is 141 Å². The van der Waals surface area contributed by atoms with Crippen molar-refractivity contribution >= 4 is 96.2 Å². The zero-order valence-electron chi connectivity index (χ0n) is 37.4. The summed E-state index contributed by atoms with van der Waals surface area (Å²) < 4.78 is 7.92. The van der Waals surface area contributed by atoms with Gasteiger partial charge in [-0.15, -0.1) is 22.7 Å². The molecular weight excluding hydrogens is 837 g/mol. The topological polar surface area (TPSA) is 8.17 Å². The molecule has 8 aromatic carbocycles. The van der Waals surface area contributed by atoms with Gasteiger partial charge in [0.15, 0.2) is 0 Å². The molecule has 66 heavy (non-hydrogen) atoms. The lowest BCUT2D eigenvalue weighted by Crippen LogP contribution is -2.29. The number of aromatic nitrogens is 1. The van der Waals surface area contributed by atoms with E-state index in [0.717, 1.165) is 12.8 Å². The summed E-state index contributed by atoms with van der Waals surface area (Å²) in [4.78, 5) is 2.69. The molecule has 0 amide bonds. The minimum absolute atomic E-state index is 0.170. The van der Waals surface area contributed by atoms with Gasteiger partial charge in [-0.25, -0.2) is 0 Å². The van der Waals surface area contributed by atoms with E-state index in [4.69, 9.17) is 0 Å². The normalized spacial score (nSPS) is 15.8. The molecule has 1 aliphatic heterocycles. The van der Waals surface area contributed by atoms with E-state index in [-0.39, 0.29) is 12.0 Å². The lowest BCUT2D eigenvalue weighted by atomic mass is 9.86. The Labute approximate surface area is 394 Å². The van der Waals surface area contributed by atoms with Gasteiger partial charge in [-0.3, -0.25) is 0 Å². The standard InChI is InChI=1S/C62H50N2S2/c1-3-5-13-39-24-29-54-51(33-39)49-28-30-55-61(62(49)64(54)46-18-12-16-42(36-46)44-26-32-60-53(38-44)48-20-8-10-22-58(48)66-60)50-27-23-40(14-6-4-2)34-56(50)63(55)45-17-11-15-41(35-45)43-25-31-59-52(37-43)47-19-7-9-21-57(47)65-59/h7-12,15-38,51,54H,3-6,13-14H2,1-2H3. The average molecular weight is 887 g/mol. The van der Waals surface area contributed by atoms with Gasteiger partial charge in [0.25, 0.3) is 0 Å². The van der Waals surface area contributed by atoms with Crippen LogP contribution >= 0.6 is 22.7 Å². The SMILES string of the molecule is CCCCC1=CC2c3ccc4c(c3N(c3cccc(-c5ccc6sc7ccccc7c6c5)c3)C2C=C1)c1ccc(CCCC)cc1n4-c1cccc(-c2ccc3sc4ccccc4c3c2)c1. The largest absolute Gasteiger partial charge is 0.333 e. The van der Waals surface area contributed by atoms with Crippen LogP contribution in [0.1, 0.15) is 63.0 Å². The minimum Gasteiger partial charge on any atom is -0.333 e. The summed E-state index contributed by atoms with van der Waals surface area (Å²) in [7, 11) is 0. The van der Waals surface area contributed by atoms with Crippen molar-refractivity contribution in [1.29, 1.82) is 0 Å². The van der Waals surface area contributed by atoms with Crippen LogP contribution in [0.15, 0.2) is 188 Å². The Hall–Kier alpha value is -6.72. The summed E-state index contributed by atoms with van der Waals surface area (Å²) >= 11 is 3.76. The average Bonchev–Trinajstić information content (AvgIpc) is 4.12. The Morgan fingerprint density at radius 3 is 1.80 bits per heavy atom. The number of benzene rings is 8. The number of nitrogens with zero attached hydrogens (tertiary/aromatic N) is 2. The molecule has 0 fully saturated rings. The van der Waals surface area contributed by atoms with Crippen molar-refractivity contribution < 1.29 is 0 Å². The Bertz CT molecular complexity index is 3780. The van der Waals surface area contributed by atoms with Crippen LogP contribution < -0.4 is 4.90 Å². The third kappa shape index (κ3) is 6.41. The van der Waals surface area contributed by atoms with Gasteiger partial charge in [0.2, 0.25) is 0 Å². The summed E-state index contributed by atoms with van der Waals surface area (Å²) in [5, 5.41) is 7.99. The number of hydrogen-bond acceptors (Lipinski definition) is 3. The molecule has 13 rings (SSSR count). The molecule has 1 aliphatic carbocycles. The second kappa shape index (κ2) is 16.0. The highest BCUT2D eigenvalue weighted by molar-refractivity contribution is 7.26. The lowest BCUT2D eigenvalue weighted by molar-refractivity contribution is 0.719. The Balaban J connectivity index is 1.01. The van der Waals surface area contributed by atoms with E-state index in [1.165, 1.54) is 144 Å². The fraction of sp³-hybridized carbons (Fsp3) is 0.161. The van der Waals surface area contributed by atoms with Crippen molar-refractivity contribution in [2.45, 2.75) is 64.3 Å². The predicted octanol–water partition coefficient (Wildman–Crippen LogP) is 18.5. The number of thiophene rings is 2. The monoisotopic (exact) mass is 886 g/mol. The van der Waals surface area contributed by atoms with E-state index < -0.39 is 0 Å². The summed E-state index contributed by atoms with van der Waals surface area (Å²) in [6, 6.07) is 62.7. The maximum Gasteiger partial charge on any atom is 0.0630 e. The van der Waals surface area contributed by atoms with E-state index in [1.54, 1.807) is 0 Å². The smallest absolute Gasteiger partial charge is 0.0630 e. The summed E-state index contributed by atoms with van der Waals surface area (Å²) in [6.07, 6.45) is 14.5. The number of fused-ring (bicyclic) bond motifs is 13. The van der Waals surface area contributed by atoms with E-state index in [9.17, 15) is 0 Å². The molecule has 2 aliphatic rings. The van der Waals surface area contributed by atoms with Crippen LogP contribution in [0.25, 0.3) is 90.1 Å². The fourth-order valence-corrected chi connectivity index (χ4v) is 13.4. The molecule has 320 valence electrons. The first kappa shape index (κ1) is 39.6. The fourth-order valence-electron chi connectivity index (χ4n) is 11.2. The molecular formula is C62H50N2S2. The molecule has 11 aromatic rings. The van der Waals surface area contributed by atoms with Crippen molar-refractivity contribution in [2.24, 2.45) is 0 Å². The van der Waals surface area contributed by atoms with Gasteiger partial charge in [0.1, 0.15) is 0 Å². The quantitative estimate of drug-likeness (QED) is 0.133. The molecule has 4 heteroatoms. The van der Waals surface area contributed by atoms with Crippen LogP contribution in [-0.2, 0) is 6.42 Å². The molecule has 3 aromatic heterocycles. The molecule has 2 unspecified atom stereocenters. The highest BCUT2D eigenvalue weighted by Crippen LogP contribution is 2.54. The van der Waals surface area contributed by atoms with Crippen LogP contribution in [0.2, 0.25) is 0 Å². The Morgan fingerprint density at radius 2 is 1.11 bits per heavy atom. The number of aryl methyl sites for hydroxylation is 1. The van der Waals surface area contributed by atoms with E-state index in [1.807, 2.05) is 22.7 Å². The number of anilines is 2. The minimum atomic E-state index is 0.170. The van der Waals surface area contributed by atoms with E-state index >= 15 is 0 Å². The molecule has 0 N–H and O–H groups in total. The first-order valence-corrected chi connectivity index (χ1v) is 25.6. The van der Waals surface area contributed by atoms with Crippen LogP contribution in [0.4, 0.5) is 11.4 Å². The molecule has 2 nitrogen and oxygen atoms in total.